The van der Waals surface area contributed by atoms with Crippen molar-refractivity contribution >= 4 is 29.4 Å². The lowest BCUT2D eigenvalue weighted by Gasteiger charge is -2.72. The normalized spacial score (nSPS) is 48.4. The number of carbonyl (C=O) groups is 5. The van der Waals surface area contributed by atoms with Crippen molar-refractivity contribution in [2.45, 2.75) is 218 Å². The summed E-state index contributed by atoms with van der Waals surface area (Å²) in [6.45, 7) is 37.6. The van der Waals surface area contributed by atoms with Crippen molar-refractivity contribution in [2.75, 3.05) is 20.6 Å². The molecule has 0 saturated heterocycles. The van der Waals surface area contributed by atoms with Crippen LogP contribution in [0.5, 0.6) is 0 Å². The van der Waals surface area contributed by atoms with E-state index in [0.717, 1.165) is 121 Å². The first-order chi connectivity index (χ1) is 35.0. The Bertz CT molecular complexity index is 2390. The van der Waals surface area contributed by atoms with Gasteiger partial charge < -0.3 is 20.1 Å². The van der Waals surface area contributed by atoms with Gasteiger partial charge in [-0.2, -0.15) is 0 Å². The molecule has 2 amide bonds. The zero-order chi connectivity index (χ0) is 54.5. The molecule has 10 heteroatoms. The third-order valence-corrected chi connectivity index (χ3v) is 28.0. The van der Waals surface area contributed by atoms with Gasteiger partial charge in [0.05, 0.1) is 17.9 Å². The van der Waals surface area contributed by atoms with Crippen LogP contribution >= 0.6 is 0 Å². The van der Waals surface area contributed by atoms with E-state index in [-0.39, 0.29) is 92.3 Å². The maximum absolute atomic E-state index is 15.2. The Morgan fingerprint density at radius 1 is 0.533 bits per heavy atom. The van der Waals surface area contributed by atoms with Crippen LogP contribution in [0.4, 0.5) is 0 Å². The van der Waals surface area contributed by atoms with E-state index >= 15 is 4.79 Å². The molecule has 0 aromatic rings. The monoisotopic (exact) mass is 1040 g/mol. The summed E-state index contributed by atoms with van der Waals surface area (Å²) in [4.78, 5) is 70.4. The number of ether oxygens (including phenoxy) is 2. The number of methoxy groups -OCH3 is 1. The molecule has 0 aromatic heterocycles. The number of ketones is 2. The topological polar surface area (TPSA) is 140 Å². The van der Waals surface area contributed by atoms with Crippen molar-refractivity contribution in [1.29, 1.82) is 0 Å². The average molecular weight is 1040 g/mol. The maximum atomic E-state index is 15.2. The molecule has 19 atom stereocenters. The number of Topliss-reactive ketones (excluding diaryl/α,β-unsaturated/α-hetero) is 2. The van der Waals surface area contributed by atoms with Crippen LogP contribution in [-0.2, 0) is 33.4 Å². The lowest BCUT2D eigenvalue weighted by Crippen LogP contribution is -2.67. The van der Waals surface area contributed by atoms with Gasteiger partial charge in [0.25, 0.3) is 0 Å². The van der Waals surface area contributed by atoms with Gasteiger partial charge in [-0.05, 0) is 221 Å². The second-order valence-electron chi connectivity index (χ2n) is 30.6. The van der Waals surface area contributed by atoms with Crippen molar-refractivity contribution < 1.29 is 33.4 Å². The molecule has 7 unspecified atom stereocenters. The highest BCUT2D eigenvalue weighted by atomic mass is 16.5. The third kappa shape index (κ3) is 7.49. The minimum absolute atomic E-state index is 0.0181. The first kappa shape index (κ1) is 55.5. The quantitative estimate of drug-likeness (QED) is 0.0804. The Kier molecular flexibility index (Phi) is 13.6. The van der Waals surface area contributed by atoms with Crippen molar-refractivity contribution in [1.82, 2.24) is 16.0 Å². The number of hydrogen-bond donors (Lipinski definition) is 3. The van der Waals surface area contributed by atoms with Crippen LogP contribution in [0.25, 0.3) is 0 Å². The fourth-order valence-corrected chi connectivity index (χ4v) is 23.7. The van der Waals surface area contributed by atoms with Gasteiger partial charge in [0.15, 0.2) is 6.17 Å². The molecule has 10 fully saturated rings. The number of carbonyl (C=O) groups excluding carboxylic acids is 5. The van der Waals surface area contributed by atoms with E-state index in [9.17, 15) is 19.2 Å². The predicted octanol–water partition coefficient (Wildman–Crippen LogP) is 12.7. The number of fused-ring (bicyclic) bond motifs is 14. The molecule has 3 N–H and O–H groups in total. The number of hydrogen-bond acceptors (Lipinski definition) is 8. The lowest BCUT2D eigenvalue weighted by molar-refractivity contribution is -0.233. The number of allylic oxidation sites excluding steroid dienone is 2. The van der Waals surface area contributed by atoms with E-state index in [4.69, 9.17) is 9.47 Å². The number of nitrogens with one attached hydrogen (secondary N) is 3. The predicted molar refractivity (Wildman–Crippen MR) is 294 cm³/mol. The zero-order valence-electron chi connectivity index (χ0n) is 49.2. The van der Waals surface area contributed by atoms with Crippen LogP contribution in [0.1, 0.15) is 212 Å². The highest BCUT2D eigenvalue weighted by Gasteiger charge is 2.74. The Morgan fingerprint density at radius 2 is 0.973 bits per heavy atom. The number of rotatable bonds is 11. The van der Waals surface area contributed by atoms with Crippen LogP contribution < -0.4 is 16.0 Å². The Balaban J connectivity index is 0.808. The van der Waals surface area contributed by atoms with Crippen LogP contribution in [-0.4, -0.2) is 56.1 Å². The Hall–Kier alpha value is -2.85. The van der Waals surface area contributed by atoms with E-state index in [0.29, 0.717) is 59.9 Å². The molecule has 0 radical (unpaired) electrons. The molecule has 10 nitrogen and oxygen atoms in total. The fraction of sp³-hybridized carbons (Fsp3) is 0.862. The summed E-state index contributed by atoms with van der Waals surface area (Å²) >= 11 is 0. The summed E-state index contributed by atoms with van der Waals surface area (Å²) in [5, 5.41) is 9.60. The highest BCUT2D eigenvalue weighted by molar-refractivity contribution is 5.89. The number of amides is 2. The molecule has 0 aliphatic heterocycles. The molecule has 10 saturated carbocycles. The van der Waals surface area contributed by atoms with Crippen molar-refractivity contribution in [2.24, 2.45) is 113 Å². The third-order valence-electron chi connectivity index (χ3n) is 28.0. The van der Waals surface area contributed by atoms with E-state index < -0.39 is 23.0 Å². The van der Waals surface area contributed by atoms with Crippen molar-refractivity contribution in [3.05, 3.63) is 24.3 Å². The first-order valence-electron chi connectivity index (χ1n) is 30.4. The van der Waals surface area contributed by atoms with Gasteiger partial charge in [-0.15, -0.1) is 0 Å². The van der Waals surface area contributed by atoms with Crippen LogP contribution in [0.15, 0.2) is 24.3 Å². The van der Waals surface area contributed by atoms with E-state index in [2.05, 4.69) is 112 Å². The molecule has 418 valence electrons. The summed E-state index contributed by atoms with van der Waals surface area (Å²) in [6, 6.07) is 0. The summed E-state index contributed by atoms with van der Waals surface area (Å²) in [5.74, 6) is 3.69. The second kappa shape index (κ2) is 18.3. The molecule has 10 rings (SSSR count). The summed E-state index contributed by atoms with van der Waals surface area (Å²) in [6.07, 6.45) is 18.1. The van der Waals surface area contributed by atoms with Gasteiger partial charge in [-0.3, -0.25) is 24.5 Å². The minimum atomic E-state index is -1.12. The Labute approximate surface area is 452 Å². The molecule has 75 heavy (non-hydrogen) atoms. The van der Waals surface area contributed by atoms with Gasteiger partial charge >= 0.3 is 5.97 Å². The largest absolute Gasteiger partial charge is 0.466 e. The Morgan fingerprint density at radius 3 is 1.40 bits per heavy atom. The molecule has 0 spiro atoms. The molecule has 10 aliphatic rings. The fourth-order valence-electron chi connectivity index (χ4n) is 23.7. The SMILES string of the molecule is C=C(C)C1CCC2(C(=O)NCOCNC(NC(=O)C34CCC(C(=C)C)C3[C@H]3CC[C@@H]5[C@@]6(C)CCC(=O)C(C)(C)[C@@H]6CC[C@@]5(C)[C@]3(C)CC4)C(=O)OC)CC[C@]3(C)[C@H](CC[C@@H]4[C@@]5(C)CCC(=O)C(C)(C)[C@@H]5CC[C@]43C)C12. The van der Waals surface area contributed by atoms with Gasteiger partial charge in [0, 0.05) is 23.7 Å². The standard InChI is InChI=1S/C65H101N3O7/c1-38(2)40-20-30-64(34-32-60(11)42(50(40)64)16-18-46-58(9)26-24-48(69)56(5,6)44(58)22-28-62(46,60)13)54(72)67-37-75-36-66-52(53(71)74-15)68-55(73)65-31-21-41(39(3)4)51(65)43-17-19-47-59(10)27-25-49(70)57(7,8)45(59)23-29-63(47,14)61(43,12)33-35-65/h40-47,50-52,66H,1,3,16-37H2,2,4-15H3,(H,67,72)(H,68,73)/t40?,41?,42-,43-,44+,45+,46-,47-,50?,51?,52?,58+,59+,60-,61-,62-,63-,64?,65?/m1/s1. The molecule has 10 aliphatic carbocycles. The lowest BCUT2D eigenvalue weighted by atomic mass is 9.32. The van der Waals surface area contributed by atoms with E-state index in [1.54, 1.807) is 0 Å². The van der Waals surface area contributed by atoms with Gasteiger partial charge in [-0.1, -0.05) is 93.5 Å². The smallest absolute Gasteiger partial charge is 0.343 e. The second-order valence-corrected chi connectivity index (χ2v) is 30.6. The van der Waals surface area contributed by atoms with Gasteiger partial charge in [0.1, 0.15) is 25.0 Å². The average Bonchev–Trinajstić information content (AvgIpc) is 4.07. The van der Waals surface area contributed by atoms with Crippen molar-refractivity contribution in [3.8, 4) is 0 Å². The van der Waals surface area contributed by atoms with Gasteiger partial charge in [0.2, 0.25) is 11.8 Å². The van der Waals surface area contributed by atoms with Crippen LogP contribution in [0.3, 0.4) is 0 Å². The zero-order valence-corrected chi connectivity index (χ0v) is 49.2. The number of esters is 1. The van der Waals surface area contributed by atoms with Crippen LogP contribution in [0.2, 0.25) is 0 Å². The molecule has 0 heterocycles. The highest BCUT2D eigenvalue weighted by Crippen LogP contribution is 2.79. The van der Waals surface area contributed by atoms with Crippen molar-refractivity contribution in [3.63, 3.8) is 0 Å². The first-order valence-corrected chi connectivity index (χ1v) is 30.4. The molecule has 0 bridgehead atoms. The summed E-state index contributed by atoms with van der Waals surface area (Å²) < 4.78 is 11.4. The summed E-state index contributed by atoms with van der Waals surface area (Å²) in [5.41, 5.74) is 1.14. The summed E-state index contributed by atoms with van der Waals surface area (Å²) in [7, 11) is 1.35. The minimum Gasteiger partial charge on any atom is -0.466 e. The van der Waals surface area contributed by atoms with E-state index in [1.165, 1.54) is 12.7 Å². The van der Waals surface area contributed by atoms with Gasteiger partial charge in [-0.25, -0.2) is 4.79 Å². The van der Waals surface area contributed by atoms with E-state index in [1.807, 2.05) is 0 Å². The van der Waals surface area contributed by atoms with Crippen LogP contribution in [0, 0.1) is 113 Å². The molecular weight excluding hydrogens is 935 g/mol. The molecule has 0 aromatic carbocycles. The maximum Gasteiger partial charge on any atom is 0.343 e. The molecular formula is C65H101N3O7.